The van der Waals surface area contributed by atoms with Gasteiger partial charge in [0.25, 0.3) is 5.91 Å². The first-order chi connectivity index (χ1) is 7.84. The lowest BCUT2D eigenvalue weighted by Gasteiger charge is -2.35. The van der Waals surface area contributed by atoms with Crippen LogP contribution in [-0.2, 0) is 9.53 Å². The zero-order valence-corrected chi connectivity index (χ0v) is 9.65. The molecule has 3 rings (SSSR count). The number of amides is 1. The molecule has 3 atom stereocenters. The lowest BCUT2D eigenvalue weighted by molar-refractivity contribution is -0.143. The first kappa shape index (κ1) is 10.5. The predicted molar refractivity (Wildman–Crippen MR) is 60.0 cm³/mol. The fourth-order valence-corrected chi connectivity index (χ4v) is 3.21. The van der Waals surface area contributed by atoms with Gasteiger partial charge in [-0.05, 0) is 44.2 Å². The number of carbonyl (C=O) groups excluding carboxylic acids is 1. The van der Waals surface area contributed by atoms with Gasteiger partial charge in [-0.15, -0.1) is 0 Å². The summed E-state index contributed by atoms with van der Waals surface area (Å²) in [5, 5.41) is 3.42. The summed E-state index contributed by atoms with van der Waals surface area (Å²) < 4.78 is 5.47. The second-order valence-corrected chi connectivity index (χ2v) is 5.25. The summed E-state index contributed by atoms with van der Waals surface area (Å²) in [5.74, 6) is 1.72. The maximum atomic E-state index is 12.2. The summed E-state index contributed by atoms with van der Waals surface area (Å²) in [6.45, 7) is 4.86. The van der Waals surface area contributed by atoms with Gasteiger partial charge in [0.15, 0.2) is 0 Å². The van der Waals surface area contributed by atoms with Crippen molar-refractivity contribution in [2.24, 2.45) is 11.8 Å². The monoisotopic (exact) mass is 224 g/mol. The molecule has 0 aromatic carbocycles. The molecule has 3 aliphatic heterocycles. The average Bonchev–Trinajstić information content (AvgIpc) is 2.98. The topological polar surface area (TPSA) is 41.6 Å². The Morgan fingerprint density at radius 3 is 2.94 bits per heavy atom. The van der Waals surface area contributed by atoms with E-state index in [1.807, 2.05) is 4.90 Å². The van der Waals surface area contributed by atoms with E-state index in [1.54, 1.807) is 0 Å². The summed E-state index contributed by atoms with van der Waals surface area (Å²) in [6, 6.07) is 0. The SMILES string of the molecule is O=C([C@@H]1CCCO1)N1CCC2CNCC2C1. The smallest absolute Gasteiger partial charge is 0.251 e. The van der Waals surface area contributed by atoms with Crippen molar-refractivity contribution in [2.45, 2.75) is 25.4 Å². The Balaban J connectivity index is 1.60. The van der Waals surface area contributed by atoms with Crippen LogP contribution >= 0.6 is 0 Å². The Hall–Kier alpha value is -0.610. The minimum absolute atomic E-state index is 0.133. The molecule has 3 aliphatic rings. The average molecular weight is 224 g/mol. The van der Waals surface area contributed by atoms with Gasteiger partial charge in [-0.1, -0.05) is 0 Å². The molecule has 1 amide bonds. The van der Waals surface area contributed by atoms with Gasteiger partial charge >= 0.3 is 0 Å². The number of fused-ring (bicyclic) bond motifs is 1. The van der Waals surface area contributed by atoms with E-state index in [2.05, 4.69) is 5.32 Å². The van der Waals surface area contributed by atoms with Crippen LogP contribution in [0.4, 0.5) is 0 Å². The van der Waals surface area contributed by atoms with E-state index in [0.29, 0.717) is 5.92 Å². The normalized spacial score (nSPS) is 38.8. The number of nitrogens with one attached hydrogen (secondary N) is 1. The van der Waals surface area contributed by atoms with Gasteiger partial charge in [-0.2, -0.15) is 0 Å². The molecule has 3 fully saturated rings. The fourth-order valence-electron chi connectivity index (χ4n) is 3.21. The van der Waals surface area contributed by atoms with Crippen molar-refractivity contribution < 1.29 is 9.53 Å². The van der Waals surface area contributed by atoms with E-state index in [1.165, 1.54) is 0 Å². The maximum absolute atomic E-state index is 12.2. The quantitative estimate of drug-likeness (QED) is 0.693. The molecular weight excluding hydrogens is 204 g/mol. The molecule has 4 nitrogen and oxygen atoms in total. The van der Waals surface area contributed by atoms with E-state index < -0.39 is 0 Å². The van der Waals surface area contributed by atoms with E-state index >= 15 is 0 Å². The van der Waals surface area contributed by atoms with Gasteiger partial charge in [0.05, 0.1) is 0 Å². The van der Waals surface area contributed by atoms with Crippen molar-refractivity contribution in [3.63, 3.8) is 0 Å². The van der Waals surface area contributed by atoms with E-state index in [4.69, 9.17) is 4.74 Å². The second kappa shape index (κ2) is 4.34. The summed E-state index contributed by atoms with van der Waals surface area (Å²) >= 11 is 0. The third kappa shape index (κ3) is 1.84. The van der Waals surface area contributed by atoms with Crippen LogP contribution in [0.15, 0.2) is 0 Å². The van der Waals surface area contributed by atoms with E-state index in [9.17, 15) is 4.79 Å². The lowest BCUT2D eigenvalue weighted by Crippen LogP contribution is -2.47. The minimum atomic E-state index is -0.133. The molecule has 0 spiro atoms. The molecule has 3 heterocycles. The molecule has 2 unspecified atom stereocenters. The highest BCUT2D eigenvalue weighted by Gasteiger charge is 2.37. The van der Waals surface area contributed by atoms with Crippen molar-refractivity contribution in [3.8, 4) is 0 Å². The van der Waals surface area contributed by atoms with Crippen LogP contribution in [0.3, 0.4) is 0 Å². The molecule has 0 aromatic heterocycles. The number of rotatable bonds is 1. The number of carbonyl (C=O) groups is 1. The minimum Gasteiger partial charge on any atom is -0.368 e. The molecule has 0 radical (unpaired) electrons. The van der Waals surface area contributed by atoms with Crippen LogP contribution in [0.25, 0.3) is 0 Å². The van der Waals surface area contributed by atoms with Gasteiger partial charge in [0, 0.05) is 19.7 Å². The third-order valence-electron chi connectivity index (χ3n) is 4.22. The van der Waals surface area contributed by atoms with Gasteiger partial charge in [0.1, 0.15) is 6.10 Å². The van der Waals surface area contributed by atoms with Crippen LogP contribution in [-0.4, -0.2) is 49.7 Å². The van der Waals surface area contributed by atoms with Gasteiger partial charge in [-0.3, -0.25) is 4.79 Å². The number of piperidine rings is 1. The van der Waals surface area contributed by atoms with Gasteiger partial charge in [0.2, 0.25) is 0 Å². The maximum Gasteiger partial charge on any atom is 0.251 e. The van der Waals surface area contributed by atoms with E-state index in [0.717, 1.165) is 58.0 Å². The second-order valence-electron chi connectivity index (χ2n) is 5.25. The van der Waals surface area contributed by atoms with E-state index in [-0.39, 0.29) is 12.0 Å². The number of hydrogen-bond donors (Lipinski definition) is 1. The number of hydrogen-bond acceptors (Lipinski definition) is 3. The standard InChI is InChI=1S/C12H20N2O2/c15-12(11-2-1-5-16-11)14-4-3-9-6-13-7-10(9)8-14/h9-11,13H,1-8H2/t9?,10?,11-/m0/s1. The third-order valence-corrected chi connectivity index (χ3v) is 4.22. The highest BCUT2D eigenvalue weighted by molar-refractivity contribution is 5.81. The fraction of sp³-hybridized carbons (Fsp3) is 0.917. The van der Waals surface area contributed by atoms with Crippen LogP contribution in [0, 0.1) is 11.8 Å². The Labute approximate surface area is 96.3 Å². The highest BCUT2D eigenvalue weighted by Crippen LogP contribution is 2.27. The molecule has 0 saturated carbocycles. The Kier molecular flexibility index (Phi) is 2.86. The zero-order valence-electron chi connectivity index (χ0n) is 9.65. The van der Waals surface area contributed by atoms with Crippen LogP contribution in [0.2, 0.25) is 0 Å². The van der Waals surface area contributed by atoms with Crippen molar-refractivity contribution >= 4 is 5.91 Å². The summed E-state index contributed by atoms with van der Waals surface area (Å²) in [5.41, 5.74) is 0. The van der Waals surface area contributed by atoms with Crippen molar-refractivity contribution in [1.82, 2.24) is 10.2 Å². The summed E-state index contributed by atoms with van der Waals surface area (Å²) in [7, 11) is 0. The number of ether oxygens (including phenoxy) is 1. The molecule has 0 aromatic rings. The van der Waals surface area contributed by atoms with Crippen molar-refractivity contribution in [3.05, 3.63) is 0 Å². The Morgan fingerprint density at radius 1 is 1.25 bits per heavy atom. The molecule has 3 saturated heterocycles. The molecule has 90 valence electrons. The predicted octanol–water partition coefficient (Wildman–Crippen LogP) is 0.233. The Morgan fingerprint density at radius 2 is 2.12 bits per heavy atom. The molecule has 0 bridgehead atoms. The molecule has 1 N–H and O–H groups in total. The molecular formula is C12H20N2O2. The number of likely N-dealkylation sites (tertiary alicyclic amines) is 1. The lowest BCUT2D eigenvalue weighted by atomic mass is 9.88. The first-order valence-electron chi connectivity index (χ1n) is 6.45. The highest BCUT2D eigenvalue weighted by atomic mass is 16.5. The first-order valence-corrected chi connectivity index (χ1v) is 6.45. The molecule has 4 heteroatoms. The van der Waals surface area contributed by atoms with Crippen molar-refractivity contribution in [1.29, 1.82) is 0 Å². The zero-order chi connectivity index (χ0) is 11.0. The summed E-state index contributed by atoms with van der Waals surface area (Å²) in [4.78, 5) is 14.2. The number of nitrogens with zero attached hydrogens (tertiary/aromatic N) is 1. The Bertz CT molecular complexity index is 276. The summed E-state index contributed by atoms with van der Waals surface area (Å²) in [6.07, 6.45) is 2.99. The van der Waals surface area contributed by atoms with Crippen LogP contribution in [0.5, 0.6) is 0 Å². The van der Waals surface area contributed by atoms with Crippen LogP contribution in [0.1, 0.15) is 19.3 Å². The van der Waals surface area contributed by atoms with Gasteiger partial charge < -0.3 is 15.0 Å². The molecule has 0 aliphatic carbocycles. The van der Waals surface area contributed by atoms with Crippen LogP contribution < -0.4 is 5.32 Å². The largest absolute Gasteiger partial charge is 0.368 e. The van der Waals surface area contributed by atoms with Gasteiger partial charge in [-0.25, -0.2) is 0 Å². The molecule has 16 heavy (non-hydrogen) atoms. The van der Waals surface area contributed by atoms with Crippen molar-refractivity contribution in [2.75, 3.05) is 32.8 Å².